The van der Waals surface area contributed by atoms with E-state index in [4.69, 9.17) is 11.6 Å². The van der Waals surface area contributed by atoms with Gasteiger partial charge in [-0.1, -0.05) is 30.7 Å². The van der Waals surface area contributed by atoms with Crippen molar-refractivity contribution in [3.8, 4) is 0 Å². The molecule has 2 rings (SSSR count). The van der Waals surface area contributed by atoms with Crippen molar-refractivity contribution in [2.75, 3.05) is 5.32 Å². The van der Waals surface area contributed by atoms with Crippen molar-refractivity contribution in [1.29, 1.82) is 0 Å². The van der Waals surface area contributed by atoms with Crippen LogP contribution in [0.15, 0.2) is 48.8 Å². The molecular weight excluding hydrogens is 232 g/mol. The summed E-state index contributed by atoms with van der Waals surface area (Å²) in [6.07, 6.45) is 4.59. The average molecular weight is 247 g/mol. The van der Waals surface area contributed by atoms with E-state index >= 15 is 0 Å². The summed E-state index contributed by atoms with van der Waals surface area (Å²) in [7, 11) is 0. The van der Waals surface area contributed by atoms with Crippen LogP contribution in [0.4, 0.5) is 5.69 Å². The van der Waals surface area contributed by atoms with Crippen LogP contribution in [-0.2, 0) is 0 Å². The van der Waals surface area contributed by atoms with Gasteiger partial charge in [-0.3, -0.25) is 4.98 Å². The second-order valence-electron chi connectivity index (χ2n) is 3.90. The zero-order valence-corrected chi connectivity index (χ0v) is 10.5. The van der Waals surface area contributed by atoms with E-state index in [1.807, 2.05) is 36.5 Å². The van der Waals surface area contributed by atoms with Crippen molar-refractivity contribution in [2.24, 2.45) is 0 Å². The van der Waals surface area contributed by atoms with Gasteiger partial charge in [0.15, 0.2) is 0 Å². The van der Waals surface area contributed by atoms with Crippen molar-refractivity contribution >= 4 is 17.3 Å². The summed E-state index contributed by atoms with van der Waals surface area (Å²) in [6.45, 7) is 2.15. The molecule has 1 N–H and O–H groups in total. The number of rotatable bonds is 4. The zero-order valence-electron chi connectivity index (χ0n) is 9.73. The predicted octanol–water partition coefficient (Wildman–Crippen LogP) is 4.30. The fraction of sp³-hybridized carbons (Fsp3) is 0.214. The van der Waals surface area contributed by atoms with Gasteiger partial charge in [0, 0.05) is 17.4 Å². The summed E-state index contributed by atoms with van der Waals surface area (Å²) < 4.78 is 0. The highest BCUT2D eigenvalue weighted by molar-refractivity contribution is 6.30. The van der Waals surface area contributed by atoms with Crippen molar-refractivity contribution in [1.82, 2.24) is 4.98 Å². The third kappa shape index (κ3) is 3.21. The Kier molecular flexibility index (Phi) is 3.99. The first-order valence-electron chi connectivity index (χ1n) is 5.71. The van der Waals surface area contributed by atoms with Crippen LogP contribution in [0, 0.1) is 0 Å². The van der Waals surface area contributed by atoms with Crippen molar-refractivity contribution in [2.45, 2.75) is 19.4 Å². The minimum absolute atomic E-state index is 0.262. The lowest BCUT2D eigenvalue weighted by molar-refractivity contribution is 0.749. The van der Waals surface area contributed by atoms with Gasteiger partial charge in [-0.2, -0.15) is 0 Å². The summed E-state index contributed by atoms with van der Waals surface area (Å²) in [5.74, 6) is 0. The first kappa shape index (κ1) is 11.9. The molecule has 1 aromatic heterocycles. The predicted molar refractivity (Wildman–Crippen MR) is 72.3 cm³/mol. The smallest absolute Gasteiger partial charge is 0.0531 e. The van der Waals surface area contributed by atoms with Gasteiger partial charge >= 0.3 is 0 Å². The molecule has 2 aromatic rings. The maximum absolute atomic E-state index is 6.01. The maximum atomic E-state index is 6.01. The highest BCUT2D eigenvalue weighted by atomic mass is 35.5. The third-order valence-electron chi connectivity index (χ3n) is 2.66. The number of halogens is 1. The fourth-order valence-corrected chi connectivity index (χ4v) is 1.99. The lowest BCUT2D eigenvalue weighted by atomic mass is 10.0. The van der Waals surface area contributed by atoms with E-state index in [0.717, 1.165) is 17.1 Å². The molecule has 0 spiro atoms. The number of benzene rings is 1. The largest absolute Gasteiger partial charge is 0.377 e. The number of pyridine rings is 1. The Labute approximate surface area is 107 Å². The van der Waals surface area contributed by atoms with Crippen LogP contribution >= 0.6 is 11.6 Å². The molecule has 0 radical (unpaired) electrons. The van der Waals surface area contributed by atoms with Crippen LogP contribution in [0.3, 0.4) is 0 Å². The van der Waals surface area contributed by atoms with Gasteiger partial charge in [0.1, 0.15) is 0 Å². The van der Waals surface area contributed by atoms with E-state index in [1.165, 1.54) is 5.56 Å². The van der Waals surface area contributed by atoms with Crippen LogP contribution in [-0.4, -0.2) is 4.98 Å². The Morgan fingerprint density at radius 3 is 2.82 bits per heavy atom. The first-order chi connectivity index (χ1) is 8.29. The molecule has 0 saturated heterocycles. The van der Waals surface area contributed by atoms with Gasteiger partial charge < -0.3 is 5.32 Å². The fourth-order valence-electron chi connectivity index (χ4n) is 1.79. The van der Waals surface area contributed by atoms with Gasteiger partial charge in [0.05, 0.1) is 11.7 Å². The molecule has 0 fully saturated rings. The molecular formula is C14H15ClN2. The lowest BCUT2D eigenvalue weighted by Gasteiger charge is -2.18. The van der Waals surface area contributed by atoms with Crippen LogP contribution in [0.1, 0.15) is 24.9 Å². The highest BCUT2D eigenvalue weighted by Gasteiger charge is 2.09. The topological polar surface area (TPSA) is 24.9 Å². The molecule has 0 bridgehead atoms. The Balaban J connectivity index is 2.17. The molecule has 1 heterocycles. The average Bonchev–Trinajstić information content (AvgIpc) is 2.37. The maximum Gasteiger partial charge on any atom is 0.0531 e. The summed E-state index contributed by atoms with van der Waals surface area (Å²) in [5, 5.41) is 4.22. The minimum atomic E-state index is 0.262. The Hall–Kier alpha value is -1.54. The van der Waals surface area contributed by atoms with Gasteiger partial charge in [0.25, 0.3) is 0 Å². The van der Waals surface area contributed by atoms with Crippen molar-refractivity contribution in [3.63, 3.8) is 0 Å². The molecule has 0 aliphatic heterocycles. The van der Waals surface area contributed by atoms with Gasteiger partial charge in [-0.25, -0.2) is 0 Å². The number of anilines is 1. The summed E-state index contributed by atoms with van der Waals surface area (Å²) in [4.78, 5) is 4.09. The Morgan fingerprint density at radius 2 is 2.18 bits per heavy atom. The van der Waals surface area contributed by atoms with Crippen LogP contribution in [0.25, 0.3) is 0 Å². The number of hydrogen-bond donors (Lipinski definition) is 1. The number of hydrogen-bond acceptors (Lipinski definition) is 2. The molecule has 0 amide bonds. The highest BCUT2D eigenvalue weighted by Crippen LogP contribution is 2.24. The number of nitrogens with zero attached hydrogens (tertiary/aromatic N) is 1. The standard InChI is InChI=1S/C14H15ClN2/c1-2-14(11-5-3-6-12(15)9-11)17-13-7-4-8-16-10-13/h3-10,14,17H,2H2,1H3. The van der Waals surface area contributed by atoms with Crippen molar-refractivity contribution in [3.05, 3.63) is 59.4 Å². The van der Waals surface area contributed by atoms with Crippen LogP contribution < -0.4 is 5.32 Å². The van der Waals surface area contributed by atoms with E-state index < -0.39 is 0 Å². The Bertz CT molecular complexity index is 471. The van der Waals surface area contributed by atoms with Gasteiger partial charge in [-0.05, 0) is 36.2 Å². The quantitative estimate of drug-likeness (QED) is 0.870. The molecule has 0 aliphatic carbocycles. The summed E-state index contributed by atoms with van der Waals surface area (Å²) in [6, 6.07) is 12.2. The van der Waals surface area contributed by atoms with Crippen molar-refractivity contribution < 1.29 is 0 Å². The molecule has 1 aromatic carbocycles. The molecule has 1 unspecified atom stereocenters. The molecule has 17 heavy (non-hydrogen) atoms. The first-order valence-corrected chi connectivity index (χ1v) is 6.09. The summed E-state index contributed by atoms with van der Waals surface area (Å²) in [5.41, 5.74) is 2.23. The van der Waals surface area contributed by atoms with Gasteiger partial charge in [-0.15, -0.1) is 0 Å². The zero-order chi connectivity index (χ0) is 12.1. The lowest BCUT2D eigenvalue weighted by Crippen LogP contribution is -2.09. The van der Waals surface area contributed by atoms with E-state index in [2.05, 4.69) is 23.3 Å². The Morgan fingerprint density at radius 1 is 1.29 bits per heavy atom. The van der Waals surface area contributed by atoms with Gasteiger partial charge in [0.2, 0.25) is 0 Å². The van der Waals surface area contributed by atoms with E-state index in [-0.39, 0.29) is 6.04 Å². The number of nitrogens with one attached hydrogen (secondary N) is 1. The normalized spacial score (nSPS) is 12.1. The van der Waals surface area contributed by atoms with E-state index in [9.17, 15) is 0 Å². The van der Waals surface area contributed by atoms with E-state index in [1.54, 1.807) is 6.20 Å². The monoisotopic (exact) mass is 246 g/mol. The molecule has 0 saturated carbocycles. The third-order valence-corrected chi connectivity index (χ3v) is 2.90. The van der Waals surface area contributed by atoms with E-state index in [0.29, 0.717) is 0 Å². The molecule has 2 nitrogen and oxygen atoms in total. The summed E-state index contributed by atoms with van der Waals surface area (Å²) >= 11 is 6.01. The molecule has 88 valence electrons. The van der Waals surface area contributed by atoms with Crippen LogP contribution in [0.2, 0.25) is 5.02 Å². The number of aromatic nitrogens is 1. The molecule has 1 atom stereocenters. The SMILES string of the molecule is CCC(Nc1cccnc1)c1cccc(Cl)c1. The molecule has 0 aliphatic rings. The second-order valence-corrected chi connectivity index (χ2v) is 4.34. The second kappa shape index (κ2) is 5.69. The molecule has 3 heteroatoms. The van der Waals surface area contributed by atoms with Crippen LogP contribution in [0.5, 0.6) is 0 Å². The minimum Gasteiger partial charge on any atom is -0.377 e.